The molecule has 0 radical (unpaired) electrons. The van der Waals surface area contributed by atoms with E-state index in [4.69, 9.17) is 17.0 Å². The summed E-state index contributed by atoms with van der Waals surface area (Å²) < 4.78 is 6.34. The second-order valence-corrected chi connectivity index (χ2v) is 7.86. The van der Waals surface area contributed by atoms with E-state index in [9.17, 15) is 9.59 Å². The highest BCUT2D eigenvalue weighted by Gasteiger charge is 2.12. The van der Waals surface area contributed by atoms with E-state index in [1.165, 1.54) is 0 Å². The number of nitrogens with one attached hydrogen (secondary N) is 3. The van der Waals surface area contributed by atoms with Gasteiger partial charge in [0, 0.05) is 23.4 Å². The molecule has 2 aromatic carbocycles. The molecule has 0 saturated heterocycles. The van der Waals surface area contributed by atoms with Crippen LogP contribution in [0.3, 0.4) is 0 Å². The normalized spacial score (nSPS) is 10.4. The third kappa shape index (κ3) is 7.47. The fourth-order valence-electron chi connectivity index (χ4n) is 2.45. The highest BCUT2D eigenvalue weighted by Crippen LogP contribution is 2.27. The molecule has 3 N–H and O–H groups in total. The lowest BCUT2D eigenvalue weighted by Crippen LogP contribution is -2.34. The Hall–Kier alpha value is -2.45. The van der Waals surface area contributed by atoms with Crippen molar-refractivity contribution in [3.05, 3.63) is 52.5 Å². The van der Waals surface area contributed by atoms with Crippen LogP contribution in [-0.2, 0) is 4.79 Å². The van der Waals surface area contributed by atoms with Crippen LogP contribution in [0.5, 0.6) is 5.75 Å². The fraction of sp³-hybridized carbons (Fsp3) is 0.286. The zero-order valence-electron chi connectivity index (χ0n) is 16.5. The summed E-state index contributed by atoms with van der Waals surface area (Å²) in [5, 5.41) is 8.58. The van der Waals surface area contributed by atoms with Crippen LogP contribution in [0.2, 0.25) is 0 Å². The van der Waals surface area contributed by atoms with Crippen LogP contribution in [0.1, 0.15) is 44.0 Å². The maximum atomic E-state index is 12.5. The lowest BCUT2D eigenvalue weighted by Gasteiger charge is -2.13. The predicted octanol–water partition coefficient (Wildman–Crippen LogP) is 5.10. The smallest absolute Gasteiger partial charge is 0.257 e. The van der Waals surface area contributed by atoms with Crippen molar-refractivity contribution in [3.63, 3.8) is 0 Å². The fourth-order valence-corrected chi connectivity index (χ4v) is 3.14. The topological polar surface area (TPSA) is 79.5 Å². The van der Waals surface area contributed by atoms with Crippen molar-refractivity contribution in [1.82, 2.24) is 5.32 Å². The lowest BCUT2D eigenvalue weighted by molar-refractivity contribution is -0.116. The maximum absolute atomic E-state index is 12.5. The van der Waals surface area contributed by atoms with E-state index in [1.807, 2.05) is 20.8 Å². The number of ether oxygens (including phenoxy) is 1. The number of anilines is 2. The predicted molar refractivity (Wildman–Crippen MR) is 124 cm³/mol. The Morgan fingerprint density at radius 2 is 1.79 bits per heavy atom. The highest BCUT2D eigenvalue weighted by molar-refractivity contribution is 9.10. The van der Waals surface area contributed by atoms with Gasteiger partial charge in [0.05, 0.1) is 10.6 Å². The molecule has 0 saturated carbocycles. The Labute approximate surface area is 184 Å². The molecule has 0 heterocycles. The highest BCUT2D eigenvalue weighted by atomic mass is 79.9. The van der Waals surface area contributed by atoms with Gasteiger partial charge in [0.15, 0.2) is 5.11 Å². The Kier molecular flexibility index (Phi) is 8.60. The number of amides is 2. The van der Waals surface area contributed by atoms with Gasteiger partial charge in [-0.15, -0.1) is 0 Å². The zero-order chi connectivity index (χ0) is 21.4. The molecule has 29 heavy (non-hydrogen) atoms. The first-order chi connectivity index (χ1) is 13.8. The minimum atomic E-state index is -0.341. The Morgan fingerprint density at radius 1 is 1.10 bits per heavy atom. The third-order valence-corrected chi connectivity index (χ3v) is 4.49. The average molecular weight is 478 g/mol. The quantitative estimate of drug-likeness (QED) is 0.483. The third-order valence-electron chi connectivity index (χ3n) is 3.67. The summed E-state index contributed by atoms with van der Waals surface area (Å²) in [7, 11) is 0. The Bertz CT molecular complexity index is 902. The SMILES string of the molecule is CCCC(=O)Nc1cccc(NC(=S)NC(=O)c2ccc(OC(C)C)c(Br)c2)c1. The molecule has 2 aromatic rings. The molecule has 0 aromatic heterocycles. The van der Waals surface area contributed by atoms with Crippen LogP contribution in [-0.4, -0.2) is 23.0 Å². The summed E-state index contributed by atoms with van der Waals surface area (Å²) in [5.41, 5.74) is 1.76. The van der Waals surface area contributed by atoms with Gasteiger partial charge in [0.1, 0.15) is 5.75 Å². The van der Waals surface area contributed by atoms with Crippen molar-refractivity contribution in [1.29, 1.82) is 0 Å². The van der Waals surface area contributed by atoms with Gasteiger partial charge < -0.3 is 15.4 Å². The first-order valence-corrected chi connectivity index (χ1v) is 10.5. The number of halogens is 1. The molecule has 0 fully saturated rings. The molecule has 0 aliphatic carbocycles. The van der Waals surface area contributed by atoms with Gasteiger partial charge >= 0.3 is 0 Å². The molecule has 0 spiro atoms. The molecule has 2 amide bonds. The van der Waals surface area contributed by atoms with Crippen LogP contribution in [0, 0.1) is 0 Å². The van der Waals surface area contributed by atoms with Crippen LogP contribution >= 0.6 is 28.1 Å². The Balaban J connectivity index is 1.97. The molecule has 0 bridgehead atoms. The van der Waals surface area contributed by atoms with Crippen LogP contribution in [0.15, 0.2) is 46.9 Å². The van der Waals surface area contributed by atoms with E-state index in [0.29, 0.717) is 33.6 Å². The molecule has 8 heteroatoms. The number of carbonyl (C=O) groups is 2. The average Bonchev–Trinajstić information content (AvgIpc) is 2.63. The molecule has 6 nitrogen and oxygen atoms in total. The summed E-state index contributed by atoms with van der Waals surface area (Å²) in [6.45, 7) is 5.81. The Morgan fingerprint density at radius 3 is 2.41 bits per heavy atom. The summed E-state index contributed by atoms with van der Waals surface area (Å²) >= 11 is 8.65. The van der Waals surface area contributed by atoms with Crippen LogP contribution in [0.4, 0.5) is 11.4 Å². The van der Waals surface area contributed by atoms with Crippen molar-refractivity contribution in [2.45, 2.75) is 39.7 Å². The summed E-state index contributed by atoms with van der Waals surface area (Å²) in [6.07, 6.45) is 1.27. The molecule has 0 atom stereocenters. The number of thiocarbonyl (C=S) groups is 1. The zero-order valence-corrected chi connectivity index (χ0v) is 18.9. The molecule has 0 aliphatic heterocycles. The molecule has 0 unspecified atom stereocenters. The molecular weight excluding hydrogens is 454 g/mol. The molecule has 0 aliphatic rings. The van der Waals surface area contributed by atoms with Gasteiger partial charge in [-0.05, 0) is 84.8 Å². The standard InChI is InChI=1S/C21H24BrN3O3S/c1-4-6-19(26)23-15-7-5-8-16(12-15)24-21(29)25-20(27)14-9-10-18(17(22)11-14)28-13(2)3/h5,7-13H,4,6H2,1-3H3,(H,23,26)(H2,24,25,27,29). The largest absolute Gasteiger partial charge is 0.490 e. The van der Waals surface area contributed by atoms with Crippen molar-refractivity contribution >= 4 is 56.4 Å². The number of carbonyl (C=O) groups excluding carboxylic acids is 2. The number of benzene rings is 2. The second-order valence-electron chi connectivity index (χ2n) is 6.60. The van der Waals surface area contributed by atoms with Crippen molar-refractivity contribution in [2.24, 2.45) is 0 Å². The minimum absolute atomic E-state index is 0.0327. The van der Waals surface area contributed by atoms with E-state index in [2.05, 4.69) is 31.9 Å². The van der Waals surface area contributed by atoms with E-state index in [1.54, 1.807) is 42.5 Å². The number of hydrogen-bond acceptors (Lipinski definition) is 4. The lowest BCUT2D eigenvalue weighted by atomic mass is 10.2. The molecular formula is C21H24BrN3O3S. The van der Waals surface area contributed by atoms with E-state index in [0.717, 1.165) is 6.42 Å². The first kappa shape index (κ1) is 22.8. The van der Waals surface area contributed by atoms with Crippen molar-refractivity contribution < 1.29 is 14.3 Å². The monoisotopic (exact) mass is 477 g/mol. The van der Waals surface area contributed by atoms with E-state index >= 15 is 0 Å². The van der Waals surface area contributed by atoms with Crippen molar-refractivity contribution in [2.75, 3.05) is 10.6 Å². The summed E-state index contributed by atoms with van der Waals surface area (Å²) in [4.78, 5) is 24.2. The van der Waals surface area contributed by atoms with Gasteiger partial charge in [-0.3, -0.25) is 14.9 Å². The van der Waals surface area contributed by atoms with Crippen molar-refractivity contribution in [3.8, 4) is 5.75 Å². The van der Waals surface area contributed by atoms with Crippen LogP contribution in [0.25, 0.3) is 0 Å². The van der Waals surface area contributed by atoms with Gasteiger partial charge in [-0.25, -0.2) is 0 Å². The van der Waals surface area contributed by atoms with E-state index < -0.39 is 0 Å². The van der Waals surface area contributed by atoms with Gasteiger partial charge in [0.25, 0.3) is 5.91 Å². The number of hydrogen-bond donors (Lipinski definition) is 3. The van der Waals surface area contributed by atoms with Crippen LogP contribution < -0.4 is 20.7 Å². The van der Waals surface area contributed by atoms with Gasteiger partial charge in [-0.1, -0.05) is 13.0 Å². The van der Waals surface area contributed by atoms with Gasteiger partial charge in [-0.2, -0.15) is 0 Å². The summed E-state index contributed by atoms with van der Waals surface area (Å²) in [6, 6.07) is 12.2. The molecule has 154 valence electrons. The maximum Gasteiger partial charge on any atom is 0.257 e. The van der Waals surface area contributed by atoms with Gasteiger partial charge in [0.2, 0.25) is 5.91 Å². The second kappa shape index (κ2) is 10.9. The first-order valence-electron chi connectivity index (χ1n) is 9.27. The molecule has 2 rings (SSSR count). The van der Waals surface area contributed by atoms with E-state index in [-0.39, 0.29) is 23.0 Å². The minimum Gasteiger partial charge on any atom is -0.490 e. The summed E-state index contributed by atoms with van der Waals surface area (Å²) in [5.74, 6) is 0.280. The number of rotatable bonds is 7.